The van der Waals surface area contributed by atoms with Gasteiger partial charge < -0.3 is 20.3 Å². The molecule has 0 saturated carbocycles. The molecule has 0 aromatic carbocycles. The number of aliphatic hydroxyl groups excluding tert-OH is 1. The first-order valence-corrected chi connectivity index (χ1v) is 22.8. The molecule has 3 N–H and O–H groups in total. The molecule has 0 aromatic rings. The van der Waals surface area contributed by atoms with Gasteiger partial charge in [-0.1, -0.05) is 197 Å². The first kappa shape index (κ1) is 55.5. The van der Waals surface area contributed by atoms with Crippen LogP contribution in [0.4, 0.5) is 4.79 Å². The van der Waals surface area contributed by atoms with Crippen molar-refractivity contribution in [2.24, 2.45) is 23.0 Å². The number of nitrogens with two attached hydrogens (primary N) is 1. The fourth-order valence-corrected chi connectivity index (χ4v) is 7.80. The summed E-state index contributed by atoms with van der Waals surface area (Å²) in [6.45, 7) is 23.7. The predicted octanol–water partition coefficient (Wildman–Crippen LogP) is 15.5. The average molecular weight is 742 g/mol. The molecular weight excluding hydrogens is 643 g/mol. The molecule has 0 saturated heterocycles. The minimum atomic E-state index is -0.599. The Kier molecular flexibility index (Phi) is 42.6. The van der Waals surface area contributed by atoms with E-state index < -0.39 is 6.09 Å². The van der Waals surface area contributed by atoms with Gasteiger partial charge in [0.1, 0.15) is 6.10 Å². The molecule has 0 heterocycles. The summed E-state index contributed by atoms with van der Waals surface area (Å²) in [7, 11) is 1.00. The number of aliphatic hydroxyl groups is 1. The maximum absolute atomic E-state index is 11.2. The molecule has 0 fully saturated rings. The summed E-state index contributed by atoms with van der Waals surface area (Å²) in [4.78, 5) is 11.2. The van der Waals surface area contributed by atoms with Crippen molar-refractivity contribution in [3.63, 3.8) is 0 Å². The Labute approximate surface area is 328 Å². The average Bonchev–Trinajstić information content (AvgIpc) is 3.05. The van der Waals surface area contributed by atoms with Gasteiger partial charge in [-0.15, -0.1) is 0 Å². The normalized spacial score (nSPS) is 11.8. The smallest absolute Gasteiger partial charge is 0.404 e. The van der Waals surface area contributed by atoms with E-state index in [0.29, 0.717) is 5.41 Å². The van der Waals surface area contributed by atoms with Crippen LogP contribution in [-0.4, -0.2) is 36.6 Å². The van der Waals surface area contributed by atoms with E-state index in [1.807, 2.05) is 0 Å². The lowest BCUT2D eigenvalue weighted by Crippen LogP contribution is -2.33. The SMILES string of the molecule is CC(C)CCOC(C)(C)CC(C)(C)CC(C)C.CCCCCCCCCCCCCCC(CCCCCCCCCCCCCC)OC(N)=O.CO. The maximum atomic E-state index is 11.2. The van der Waals surface area contributed by atoms with Gasteiger partial charge in [0.25, 0.3) is 0 Å². The number of hydrogen-bond donors (Lipinski definition) is 2. The third-order valence-electron chi connectivity index (χ3n) is 10.1. The van der Waals surface area contributed by atoms with Gasteiger partial charge >= 0.3 is 6.09 Å². The van der Waals surface area contributed by atoms with E-state index in [9.17, 15) is 4.79 Å². The first-order chi connectivity index (χ1) is 24.7. The third-order valence-corrected chi connectivity index (χ3v) is 10.1. The van der Waals surface area contributed by atoms with Crippen LogP contribution >= 0.6 is 0 Å². The monoisotopic (exact) mass is 742 g/mol. The Bertz CT molecular complexity index is 678. The van der Waals surface area contributed by atoms with Gasteiger partial charge in [0, 0.05) is 13.7 Å². The van der Waals surface area contributed by atoms with Crippen molar-refractivity contribution in [2.45, 2.75) is 267 Å². The summed E-state index contributed by atoms with van der Waals surface area (Å²) in [5.74, 6) is 1.49. The molecule has 0 aromatic heterocycles. The lowest BCUT2D eigenvalue weighted by molar-refractivity contribution is -0.0521. The topological polar surface area (TPSA) is 81.8 Å². The minimum Gasteiger partial charge on any atom is -0.446 e. The molecule has 0 aliphatic heterocycles. The van der Waals surface area contributed by atoms with E-state index in [4.69, 9.17) is 20.3 Å². The van der Waals surface area contributed by atoms with Gasteiger partial charge in [-0.3, -0.25) is 0 Å². The summed E-state index contributed by atoms with van der Waals surface area (Å²) in [6, 6.07) is 0. The Hall–Kier alpha value is -0.810. The van der Waals surface area contributed by atoms with Crippen LogP contribution in [0.25, 0.3) is 0 Å². The summed E-state index contributed by atoms with van der Waals surface area (Å²) in [6.07, 6.45) is 37.6. The Morgan fingerprint density at radius 1 is 0.538 bits per heavy atom. The molecule has 0 bridgehead atoms. The fourth-order valence-electron chi connectivity index (χ4n) is 7.80. The number of hydrogen-bond acceptors (Lipinski definition) is 4. The van der Waals surface area contributed by atoms with E-state index in [-0.39, 0.29) is 11.7 Å². The molecule has 0 rings (SSSR count). The molecule has 1 amide bonds. The molecule has 0 spiro atoms. The van der Waals surface area contributed by atoms with Crippen LogP contribution in [0, 0.1) is 17.3 Å². The van der Waals surface area contributed by atoms with Crippen molar-refractivity contribution in [2.75, 3.05) is 13.7 Å². The standard InChI is InChI=1S/C30H61NO2.C16H34O.CH4O/c1-3-5-7-9-11-13-15-17-19-21-23-25-27-29(33-30(31)32)28-26-24-22-20-18-16-14-12-10-8-6-4-2;1-13(2)9-10-17-16(7,8)12-15(5,6)11-14(3)4;1-2/h29H,3-28H2,1-2H3,(H2,31,32);13-14H,9-12H2,1-8H3;2H,1H3. The first-order valence-electron chi connectivity index (χ1n) is 22.8. The highest BCUT2D eigenvalue weighted by atomic mass is 16.6. The van der Waals surface area contributed by atoms with Gasteiger partial charge in [0.05, 0.1) is 5.60 Å². The summed E-state index contributed by atoms with van der Waals surface area (Å²) in [5, 5.41) is 7.00. The van der Waals surface area contributed by atoms with Crippen LogP contribution in [0.1, 0.15) is 255 Å². The van der Waals surface area contributed by atoms with Crippen molar-refractivity contribution in [1.82, 2.24) is 0 Å². The van der Waals surface area contributed by atoms with Crippen LogP contribution in [0.15, 0.2) is 0 Å². The molecule has 0 radical (unpaired) electrons. The van der Waals surface area contributed by atoms with Crippen molar-refractivity contribution >= 4 is 6.09 Å². The molecule has 0 aliphatic carbocycles. The quantitative estimate of drug-likeness (QED) is 0.0634. The summed E-state index contributed by atoms with van der Waals surface area (Å²) in [5.41, 5.74) is 5.68. The van der Waals surface area contributed by atoms with Crippen LogP contribution in [0.3, 0.4) is 0 Å². The number of unbranched alkanes of at least 4 members (excludes halogenated alkanes) is 22. The number of carbonyl (C=O) groups is 1. The van der Waals surface area contributed by atoms with Crippen molar-refractivity contribution in [3.05, 3.63) is 0 Å². The van der Waals surface area contributed by atoms with Gasteiger partial charge in [-0.2, -0.15) is 0 Å². The van der Waals surface area contributed by atoms with E-state index >= 15 is 0 Å². The largest absolute Gasteiger partial charge is 0.446 e. The van der Waals surface area contributed by atoms with Crippen molar-refractivity contribution in [1.29, 1.82) is 0 Å². The molecule has 0 aliphatic rings. The predicted molar refractivity (Wildman–Crippen MR) is 231 cm³/mol. The zero-order valence-corrected chi connectivity index (χ0v) is 37.7. The van der Waals surface area contributed by atoms with Crippen LogP contribution < -0.4 is 5.73 Å². The Morgan fingerprint density at radius 2 is 0.865 bits per heavy atom. The lowest BCUT2D eigenvalue weighted by Gasteiger charge is -2.36. The summed E-state index contributed by atoms with van der Waals surface area (Å²) >= 11 is 0. The number of carbonyl (C=O) groups excluding carboxylic acids is 1. The minimum absolute atomic E-state index is 0.00722. The molecule has 5 heteroatoms. The highest BCUT2D eigenvalue weighted by molar-refractivity contribution is 5.64. The third kappa shape index (κ3) is 47.2. The van der Waals surface area contributed by atoms with Gasteiger partial charge in [0.2, 0.25) is 0 Å². The zero-order chi connectivity index (χ0) is 39.9. The highest BCUT2D eigenvalue weighted by Crippen LogP contribution is 2.35. The maximum Gasteiger partial charge on any atom is 0.404 e. The molecule has 0 unspecified atom stereocenters. The van der Waals surface area contributed by atoms with E-state index in [2.05, 4.69) is 69.2 Å². The zero-order valence-electron chi connectivity index (χ0n) is 37.7. The second kappa shape index (κ2) is 39.9. The van der Waals surface area contributed by atoms with Crippen LogP contribution in [-0.2, 0) is 9.47 Å². The van der Waals surface area contributed by atoms with Crippen molar-refractivity contribution in [3.8, 4) is 0 Å². The van der Waals surface area contributed by atoms with Gasteiger partial charge in [0.15, 0.2) is 0 Å². The Balaban J connectivity index is -0.00000106. The molecule has 52 heavy (non-hydrogen) atoms. The second-order valence-corrected chi connectivity index (χ2v) is 18.1. The number of ether oxygens (including phenoxy) is 2. The van der Waals surface area contributed by atoms with E-state index in [0.717, 1.165) is 64.1 Å². The fraction of sp³-hybridized carbons (Fsp3) is 0.979. The number of rotatable bonds is 35. The highest BCUT2D eigenvalue weighted by Gasteiger charge is 2.30. The summed E-state index contributed by atoms with van der Waals surface area (Å²) < 4.78 is 11.4. The van der Waals surface area contributed by atoms with Gasteiger partial charge in [-0.25, -0.2) is 4.79 Å². The number of primary amides is 1. The van der Waals surface area contributed by atoms with E-state index in [1.165, 1.54) is 148 Å². The lowest BCUT2D eigenvalue weighted by atomic mass is 9.76. The van der Waals surface area contributed by atoms with Gasteiger partial charge in [-0.05, 0) is 76.0 Å². The number of amides is 1. The van der Waals surface area contributed by atoms with Crippen molar-refractivity contribution < 1.29 is 19.4 Å². The van der Waals surface area contributed by atoms with Crippen LogP contribution in [0.2, 0.25) is 0 Å². The van der Waals surface area contributed by atoms with Crippen LogP contribution in [0.5, 0.6) is 0 Å². The molecule has 0 atom stereocenters. The van der Waals surface area contributed by atoms with E-state index in [1.54, 1.807) is 0 Å². The molecular formula is C47H99NO4. The Morgan fingerprint density at radius 3 is 1.15 bits per heavy atom. The second-order valence-electron chi connectivity index (χ2n) is 18.1. The molecule has 5 nitrogen and oxygen atoms in total. The molecule has 316 valence electrons.